The Labute approximate surface area is 146 Å². The van der Waals surface area contributed by atoms with Crippen molar-refractivity contribution in [1.82, 2.24) is 5.32 Å². The Morgan fingerprint density at radius 3 is 2.40 bits per heavy atom. The molecule has 25 heavy (non-hydrogen) atoms. The van der Waals surface area contributed by atoms with Crippen molar-refractivity contribution in [3.63, 3.8) is 0 Å². The number of hydrogen-bond donors (Lipinski definition) is 2. The zero-order valence-electron chi connectivity index (χ0n) is 14.7. The average molecular weight is 353 g/mol. The molecule has 8 heteroatoms. The van der Waals surface area contributed by atoms with E-state index in [0.717, 1.165) is 0 Å². The highest BCUT2D eigenvalue weighted by Gasteiger charge is 2.23. The summed E-state index contributed by atoms with van der Waals surface area (Å²) in [6, 6.07) is 3.24. The molecule has 138 valence electrons. The van der Waals surface area contributed by atoms with Gasteiger partial charge in [-0.3, -0.25) is 4.79 Å². The van der Waals surface area contributed by atoms with Crippen molar-refractivity contribution in [1.29, 1.82) is 0 Å². The van der Waals surface area contributed by atoms with Crippen LogP contribution in [0.3, 0.4) is 0 Å². The molecule has 8 nitrogen and oxygen atoms in total. The highest BCUT2D eigenvalue weighted by Crippen LogP contribution is 2.23. The third-order valence-electron chi connectivity index (χ3n) is 3.29. The van der Waals surface area contributed by atoms with Gasteiger partial charge >= 0.3 is 11.9 Å². The normalized spacial score (nSPS) is 11.6. The molecule has 1 rings (SSSR count). The van der Waals surface area contributed by atoms with Crippen LogP contribution in [0.2, 0.25) is 0 Å². The first-order valence-corrected chi connectivity index (χ1v) is 7.69. The van der Waals surface area contributed by atoms with E-state index >= 15 is 0 Å². The maximum absolute atomic E-state index is 11.9. The highest BCUT2D eigenvalue weighted by molar-refractivity contribution is 5.94. The van der Waals surface area contributed by atoms with Crippen LogP contribution < -0.4 is 10.1 Å². The van der Waals surface area contributed by atoms with E-state index in [-0.39, 0.29) is 17.2 Å². The summed E-state index contributed by atoms with van der Waals surface area (Å²) in [7, 11) is 2.65. The number of aromatic hydroxyl groups is 1. The van der Waals surface area contributed by atoms with Crippen molar-refractivity contribution in [3.8, 4) is 11.5 Å². The fraction of sp³-hybridized carbons (Fsp3) is 0.471. The van der Waals surface area contributed by atoms with Gasteiger partial charge in [-0.25, -0.2) is 9.59 Å². The van der Waals surface area contributed by atoms with Gasteiger partial charge in [-0.05, 0) is 24.5 Å². The number of nitrogens with one attached hydrogen (secondary N) is 1. The summed E-state index contributed by atoms with van der Waals surface area (Å²) in [4.78, 5) is 35.5. The molecule has 0 radical (unpaired) electrons. The molecule has 0 saturated heterocycles. The van der Waals surface area contributed by atoms with Crippen LogP contribution in [-0.4, -0.2) is 49.8 Å². The molecule has 0 saturated carbocycles. The number of esters is 2. The molecule has 0 aliphatic carbocycles. The lowest BCUT2D eigenvalue weighted by atomic mass is 10.0. The van der Waals surface area contributed by atoms with E-state index in [4.69, 9.17) is 9.47 Å². The summed E-state index contributed by atoms with van der Waals surface area (Å²) >= 11 is 0. The van der Waals surface area contributed by atoms with Crippen LogP contribution in [0.1, 0.15) is 30.6 Å². The molecule has 0 aromatic heterocycles. The highest BCUT2D eigenvalue weighted by atomic mass is 16.5. The van der Waals surface area contributed by atoms with Crippen molar-refractivity contribution >= 4 is 17.8 Å². The van der Waals surface area contributed by atoms with Gasteiger partial charge in [0.2, 0.25) is 0 Å². The van der Waals surface area contributed by atoms with Gasteiger partial charge in [0.1, 0.15) is 23.1 Å². The Hall–Kier alpha value is -2.77. The van der Waals surface area contributed by atoms with Gasteiger partial charge in [-0.15, -0.1) is 0 Å². The van der Waals surface area contributed by atoms with Crippen molar-refractivity contribution in [2.75, 3.05) is 20.8 Å². The van der Waals surface area contributed by atoms with Crippen LogP contribution in [0.25, 0.3) is 0 Å². The van der Waals surface area contributed by atoms with E-state index in [1.165, 1.54) is 32.4 Å². The molecular weight excluding hydrogens is 330 g/mol. The smallest absolute Gasteiger partial charge is 0.342 e. The average Bonchev–Trinajstić information content (AvgIpc) is 2.57. The minimum absolute atomic E-state index is 0.0969. The summed E-state index contributed by atoms with van der Waals surface area (Å²) in [5, 5.41) is 12.2. The fourth-order valence-corrected chi connectivity index (χ4v) is 2.08. The monoisotopic (exact) mass is 353 g/mol. The lowest BCUT2D eigenvalue weighted by molar-refractivity contribution is -0.145. The molecule has 0 aliphatic rings. The maximum Gasteiger partial charge on any atom is 0.342 e. The molecule has 0 spiro atoms. The summed E-state index contributed by atoms with van der Waals surface area (Å²) in [5.74, 6) is -1.87. The van der Waals surface area contributed by atoms with E-state index in [2.05, 4.69) is 10.1 Å². The summed E-state index contributed by atoms with van der Waals surface area (Å²) < 4.78 is 14.4. The molecule has 1 aromatic rings. The first kappa shape index (κ1) is 20.3. The van der Waals surface area contributed by atoms with Gasteiger partial charge in [-0.1, -0.05) is 13.8 Å². The van der Waals surface area contributed by atoms with Crippen molar-refractivity contribution in [3.05, 3.63) is 23.8 Å². The molecule has 0 bridgehead atoms. The molecule has 2 N–H and O–H groups in total. The van der Waals surface area contributed by atoms with Crippen LogP contribution in [0.5, 0.6) is 11.5 Å². The Kier molecular flexibility index (Phi) is 7.71. The number of phenolic OH excluding ortho intramolecular Hbond substituents is 1. The van der Waals surface area contributed by atoms with Gasteiger partial charge in [0.15, 0.2) is 6.61 Å². The Morgan fingerprint density at radius 2 is 1.88 bits per heavy atom. The first-order valence-electron chi connectivity index (χ1n) is 7.69. The van der Waals surface area contributed by atoms with E-state index < -0.39 is 30.5 Å². The predicted molar refractivity (Wildman–Crippen MR) is 88.3 cm³/mol. The lowest BCUT2D eigenvalue weighted by Gasteiger charge is -2.18. The Bertz CT molecular complexity index is 627. The van der Waals surface area contributed by atoms with Crippen molar-refractivity contribution in [2.45, 2.75) is 26.3 Å². The topological polar surface area (TPSA) is 111 Å². The van der Waals surface area contributed by atoms with Gasteiger partial charge < -0.3 is 24.6 Å². The number of rotatable bonds is 8. The number of ether oxygens (including phenoxy) is 3. The number of phenols is 1. The van der Waals surface area contributed by atoms with Crippen molar-refractivity contribution < 1.29 is 33.7 Å². The standard InChI is InChI=1S/C17H23NO7/c1-10(2)7-13(17(22)24-4)18-15(20)9-25-16(21)12-6-5-11(23-3)8-14(12)19/h5-6,8,10,13,19H,7,9H2,1-4H3,(H,18,20)/t13-/m0/s1. The number of carbonyl (C=O) groups excluding carboxylic acids is 3. The van der Waals surface area contributed by atoms with E-state index in [0.29, 0.717) is 12.2 Å². The fourth-order valence-electron chi connectivity index (χ4n) is 2.08. The Morgan fingerprint density at radius 1 is 1.20 bits per heavy atom. The quantitative estimate of drug-likeness (QED) is 0.677. The summed E-state index contributed by atoms with van der Waals surface area (Å²) in [5.41, 5.74) is -0.0969. The minimum Gasteiger partial charge on any atom is -0.507 e. The number of hydrogen-bond acceptors (Lipinski definition) is 7. The number of amides is 1. The zero-order valence-corrected chi connectivity index (χ0v) is 14.7. The second kappa shape index (κ2) is 9.51. The lowest BCUT2D eigenvalue weighted by Crippen LogP contribution is -2.44. The molecule has 1 amide bonds. The zero-order chi connectivity index (χ0) is 19.0. The second-order valence-electron chi connectivity index (χ2n) is 5.73. The molecule has 0 aliphatic heterocycles. The van der Waals surface area contributed by atoms with E-state index in [1.54, 1.807) is 0 Å². The number of methoxy groups -OCH3 is 2. The predicted octanol–water partition coefficient (Wildman–Crippen LogP) is 1.26. The SMILES string of the molecule is COC(=O)[C@H](CC(C)C)NC(=O)COC(=O)c1ccc(OC)cc1O. The Balaban J connectivity index is 2.62. The minimum atomic E-state index is -0.867. The van der Waals surface area contributed by atoms with Crippen LogP contribution in [-0.2, 0) is 19.1 Å². The molecule has 0 unspecified atom stereocenters. The first-order chi connectivity index (χ1) is 11.8. The van der Waals surface area contributed by atoms with E-state index in [9.17, 15) is 19.5 Å². The summed E-state index contributed by atoms with van der Waals surface area (Å²) in [6.07, 6.45) is 0.394. The van der Waals surface area contributed by atoms with Gasteiger partial charge in [0, 0.05) is 6.07 Å². The van der Waals surface area contributed by atoms with Crippen LogP contribution in [0, 0.1) is 5.92 Å². The number of benzene rings is 1. The number of carbonyl (C=O) groups is 3. The summed E-state index contributed by atoms with van der Waals surface area (Å²) in [6.45, 7) is 3.21. The third-order valence-corrected chi connectivity index (χ3v) is 3.29. The van der Waals surface area contributed by atoms with Crippen LogP contribution in [0.4, 0.5) is 0 Å². The molecule has 1 aromatic carbocycles. The van der Waals surface area contributed by atoms with Crippen molar-refractivity contribution in [2.24, 2.45) is 5.92 Å². The van der Waals surface area contributed by atoms with Gasteiger partial charge in [0.05, 0.1) is 14.2 Å². The second-order valence-corrected chi connectivity index (χ2v) is 5.73. The van der Waals surface area contributed by atoms with Crippen LogP contribution >= 0.6 is 0 Å². The van der Waals surface area contributed by atoms with Gasteiger partial charge in [-0.2, -0.15) is 0 Å². The molecular formula is C17H23NO7. The van der Waals surface area contributed by atoms with E-state index in [1.807, 2.05) is 13.8 Å². The van der Waals surface area contributed by atoms with Gasteiger partial charge in [0.25, 0.3) is 5.91 Å². The largest absolute Gasteiger partial charge is 0.507 e. The third kappa shape index (κ3) is 6.33. The molecule has 0 fully saturated rings. The van der Waals surface area contributed by atoms with Crippen LogP contribution in [0.15, 0.2) is 18.2 Å². The molecule has 0 heterocycles. The molecule has 1 atom stereocenters. The maximum atomic E-state index is 11.9.